The van der Waals surface area contributed by atoms with Crippen LogP contribution in [0.3, 0.4) is 0 Å². The van der Waals surface area contributed by atoms with E-state index < -0.39 is 11.6 Å². The number of para-hydroxylation sites is 1. The van der Waals surface area contributed by atoms with E-state index in [0.29, 0.717) is 16.8 Å². The molecule has 0 aliphatic heterocycles. The first-order valence-corrected chi connectivity index (χ1v) is 8.34. The minimum Gasteiger partial charge on any atom is -0.496 e. The first-order valence-electron chi connectivity index (χ1n) is 7.52. The third-order valence-corrected chi connectivity index (χ3v) is 4.97. The zero-order chi connectivity index (χ0) is 18.0. The number of hydrogen-bond acceptors (Lipinski definition) is 7. The van der Waals surface area contributed by atoms with Gasteiger partial charge in [0.25, 0.3) is 0 Å². The largest absolute Gasteiger partial charge is 0.496 e. The van der Waals surface area contributed by atoms with E-state index in [4.69, 9.17) is 9.15 Å². The first-order chi connectivity index (χ1) is 12.0. The molecule has 0 spiro atoms. The molecule has 3 rings (SSSR count). The Bertz CT molecular complexity index is 975. The Kier molecular flexibility index (Phi) is 4.76. The maximum absolute atomic E-state index is 11.9. The molecular formula is C18H17NO5S. The van der Waals surface area contributed by atoms with Crippen LogP contribution in [-0.2, 0) is 11.3 Å². The zero-order valence-corrected chi connectivity index (χ0v) is 14.9. The molecule has 25 heavy (non-hydrogen) atoms. The van der Waals surface area contributed by atoms with Gasteiger partial charge in [-0.1, -0.05) is 18.2 Å². The maximum atomic E-state index is 11.9. The summed E-state index contributed by atoms with van der Waals surface area (Å²) in [6, 6.07) is 11.1. The number of anilines is 1. The smallest absolute Gasteiger partial charge is 0.351 e. The summed E-state index contributed by atoms with van der Waals surface area (Å²) in [4.78, 5) is 25.6. The average Bonchev–Trinajstić information content (AvgIpc) is 3.03. The number of carbonyl (C=O) groups excluding carboxylic acids is 1. The van der Waals surface area contributed by atoms with Crippen molar-refractivity contribution in [3.8, 4) is 5.75 Å². The second kappa shape index (κ2) is 6.98. The Morgan fingerprint density at radius 1 is 1.24 bits per heavy atom. The molecule has 0 N–H and O–H groups in total. The molecule has 0 atom stereocenters. The normalized spacial score (nSPS) is 10.7. The van der Waals surface area contributed by atoms with E-state index in [1.165, 1.54) is 24.5 Å². The average molecular weight is 359 g/mol. The van der Waals surface area contributed by atoms with Gasteiger partial charge in [0.2, 0.25) is 0 Å². The highest BCUT2D eigenvalue weighted by molar-refractivity contribution is 7.22. The molecule has 0 radical (unpaired) electrons. The molecule has 6 nitrogen and oxygen atoms in total. The Balaban J connectivity index is 1.93. The molecule has 0 aliphatic carbocycles. The number of methoxy groups -OCH3 is 2. The monoisotopic (exact) mass is 359 g/mol. The van der Waals surface area contributed by atoms with Crippen LogP contribution in [0.15, 0.2) is 45.6 Å². The highest BCUT2D eigenvalue weighted by Crippen LogP contribution is 2.33. The summed E-state index contributed by atoms with van der Waals surface area (Å²) in [5.41, 5.74) is 0.693. The minimum absolute atomic E-state index is 0.101. The lowest BCUT2D eigenvalue weighted by molar-refractivity contribution is 0.0596. The summed E-state index contributed by atoms with van der Waals surface area (Å²) in [7, 11) is 4.81. The van der Waals surface area contributed by atoms with Crippen molar-refractivity contribution in [2.45, 2.75) is 6.54 Å². The lowest BCUT2D eigenvalue weighted by atomic mass is 10.2. The van der Waals surface area contributed by atoms with E-state index >= 15 is 0 Å². The molecule has 0 fully saturated rings. The van der Waals surface area contributed by atoms with Gasteiger partial charge in [0.05, 0.1) is 23.9 Å². The molecule has 0 saturated heterocycles. The van der Waals surface area contributed by atoms with Crippen LogP contribution in [0.4, 0.5) is 5.00 Å². The number of rotatable bonds is 5. The van der Waals surface area contributed by atoms with Crippen molar-refractivity contribution in [1.29, 1.82) is 0 Å². The highest BCUT2D eigenvalue weighted by Gasteiger charge is 2.17. The Labute approximate surface area is 148 Å². The fourth-order valence-electron chi connectivity index (χ4n) is 2.51. The van der Waals surface area contributed by atoms with Crippen LogP contribution in [0.1, 0.15) is 15.9 Å². The summed E-state index contributed by atoms with van der Waals surface area (Å²) in [5, 5.41) is 0.908. The van der Waals surface area contributed by atoms with Crippen molar-refractivity contribution in [3.05, 3.63) is 57.9 Å². The summed E-state index contributed by atoms with van der Waals surface area (Å²) in [6.45, 7) is 0.630. The SMILES string of the molecule is COC(=O)c1cc2sc(N(C)Cc3ccccc3OC)cc2oc1=O. The predicted molar refractivity (Wildman–Crippen MR) is 96.8 cm³/mol. The number of ether oxygens (including phenoxy) is 2. The summed E-state index contributed by atoms with van der Waals surface area (Å²) in [6.07, 6.45) is 0. The maximum Gasteiger partial charge on any atom is 0.351 e. The Hall–Kier alpha value is -2.80. The van der Waals surface area contributed by atoms with Gasteiger partial charge in [-0.3, -0.25) is 0 Å². The molecule has 130 valence electrons. The fraction of sp³-hybridized carbons (Fsp3) is 0.222. The molecule has 0 unspecified atom stereocenters. The molecule has 3 aromatic rings. The minimum atomic E-state index is -0.701. The number of benzene rings is 1. The lowest BCUT2D eigenvalue weighted by Gasteiger charge is -2.18. The summed E-state index contributed by atoms with van der Waals surface area (Å²) >= 11 is 1.43. The van der Waals surface area contributed by atoms with Crippen LogP contribution in [0.5, 0.6) is 5.75 Å². The van der Waals surface area contributed by atoms with E-state index in [0.717, 1.165) is 16.3 Å². The molecule has 2 heterocycles. The number of fused-ring (bicyclic) bond motifs is 1. The van der Waals surface area contributed by atoms with Crippen LogP contribution in [-0.4, -0.2) is 27.2 Å². The standard InChI is InChI=1S/C18H17NO5S/c1-19(10-11-6-4-5-7-13(11)22-2)16-9-14-15(25-16)8-12(17(20)23-3)18(21)24-14/h4-9H,10H2,1-3H3. The molecule has 0 aliphatic rings. The number of esters is 1. The van der Waals surface area contributed by atoms with Crippen molar-refractivity contribution in [1.82, 2.24) is 0 Å². The van der Waals surface area contributed by atoms with Gasteiger partial charge in [-0.25, -0.2) is 9.59 Å². The second-order valence-electron chi connectivity index (χ2n) is 5.42. The van der Waals surface area contributed by atoms with E-state index in [9.17, 15) is 9.59 Å². The van der Waals surface area contributed by atoms with Crippen LogP contribution < -0.4 is 15.3 Å². The van der Waals surface area contributed by atoms with Gasteiger partial charge in [-0.05, 0) is 12.1 Å². The third kappa shape index (κ3) is 3.36. The van der Waals surface area contributed by atoms with Gasteiger partial charge in [0.1, 0.15) is 11.3 Å². The molecule has 0 saturated carbocycles. The van der Waals surface area contributed by atoms with Crippen LogP contribution in [0, 0.1) is 0 Å². The number of thiophene rings is 1. The molecule has 7 heteroatoms. The topological polar surface area (TPSA) is 69.0 Å². The molecule has 0 amide bonds. The summed E-state index contributed by atoms with van der Waals surface area (Å²) < 4.78 is 15.9. The van der Waals surface area contributed by atoms with Gasteiger partial charge in [0.15, 0.2) is 5.58 Å². The van der Waals surface area contributed by atoms with E-state index in [-0.39, 0.29) is 5.56 Å². The molecule has 2 aromatic heterocycles. The fourth-order valence-corrected chi connectivity index (χ4v) is 3.50. The highest BCUT2D eigenvalue weighted by atomic mass is 32.1. The zero-order valence-electron chi connectivity index (χ0n) is 14.1. The van der Waals surface area contributed by atoms with Gasteiger partial charge >= 0.3 is 11.6 Å². The van der Waals surface area contributed by atoms with Crippen LogP contribution >= 0.6 is 11.3 Å². The number of nitrogens with zero attached hydrogens (tertiary/aromatic N) is 1. The van der Waals surface area contributed by atoms with Gasteiger partial charge in [0, 0.05) is 25.2 Å². The molecule has 0 bridgehead atoms. The van der Waals surface area contributed by atoms with Crippen molar-refractivity contribution >= 4 is 32.6 Å². The first kappa shape index (κ1) is 17.0. The van der Waals surface area contributed by atoms with E-state index in [1.807, 2.05) is 36.2 Å². The van der Waals surface area contributed by atoms with Crippen LogP contribution in [0.2, 0.25) is 0 Å². The van der Waals surface area contributed by atoms with E-state index in [1.54, 1.807) is 13.2 Å². The van der Waals surface area contributed by atoms with Gasteiger partial charge in [-0.15, -0.1) is 11.3 Å². The quantitative estimate of drug-likeness (QED) is 0.651. The predicted octanol–water partition coefficient (Wildman–Crippen LogP) is 3.29. The molecule has 1 aromatic carbocycles. The Morgan fingerprint density at radius 2 is 2.00 bits per heavy atom. The third-order valence-electron chi connectivity index (χ3n) is 3.79. The van der Waals surface area contributed by atoms with Crippen LogP contribution in [0.25, 0.3) is 10.3 Å². The number of hydrogen-bond donors (Lipinski definition) is 0. The van der Waals surface area contributed by atoms with Gasteiger partial charge < -0.3 is 18.8 Å². The lowest BCUT2D eigenvalue weighted by Crippen LogP contribution is -2.15. The molecular weight excluding hydrogens is 342 g/mol. The summed E-state index contributed by atoms with van der Waals surface area (Å²) in [5.74, 6) is 0.114. The Morgan fingerprint density at radius 3 is 2.72 bits per heavy atom. The van der Waals surface area contributed by atoms with Crippen molar-refractivity contribution in [3.63, 3.8) is 0 Å². The van der Waals surface area contributed by atoms with Crippen molar-refractivity contribution < 1.29 is 18.7 Å². The van der Waals surface area contributed by atoms with Crippen molar-refractivity contribution in [2.24, 2.45) is 0 Å². The van der Waals surface area contributed by atoms with Gasteiger partial charge in [-0.2, -0.15) is 0 Å². The number of carbonyl (C=O) groups is 1. The van der Waals surface area contributed by atoms with Crippen molar-refractivity contribution in [2.75, 3.05) is 26.2 Å². The second-order valence-corrected chi connectivity index (χ2v) is 6.48. The van der Waals surface area contributed by atoms with E-state index in [2.05, 4.69) is 4.74 Å².